The second-order valence-corrected chi connectivity index (χ2v) is 6.06. The van der Waals surface area contributed by atoms with E-state index in [9.17, 15) is 9.59 Å². The molecule has 0 fully saturated rings. The van der Waals surface area contributed by atoms with Gasteiger partial charge in [0.15, 0.2) is 0 Å². The van der Waals surface area contributed by atoms with E-state index < -0.39 is 0 Å². The Hall–Kier alpha value is -3.47. The van der Waals surface area contributed by atoms with Gasteiger partial charge >= 0.3 is 0 Å². The maximum atomic E-state index is 12.5. The minimum atomic E-state index is -0.364. The SMILES string of the molecule is Cc1cc(C)cc(NC(=O)c2cccc(C(=O)Nc3ccccc3)n2)c1. The lowest BCUT2D eigenvalue weighted by molar-refractivity contribution is 0.101. The number of anilines is 2. The Morgan fingerprint density at radius 2 is 1.23 bits per heavy atom. The molecule has 0 aliphatic heterocycles. The van der Waals surface area contributed by atoms with Gasteiger partial charge in [0.1, 0.15) is 11.4 Å². The van der Waals surface area contributed by atoms with E-state index in [1.54, 1.807) is 30.3 Å². The molecule has 2 N–H and O–H groups in total. The Bertz CT molecular complexity index is 932. The summed E-state index contributed by atoms with van der Waals surface area (Å²) in [5.74, 6) is -0.721. The highest BCUT2D eigenvalue weighted by atomic mass is 16.2. The van der Waals surface area contributed by atoms with Gasteiger partial charge in [-0.2, -0.15) is 0 Å². The topological polar surface area (TPSA) is 71.1 Å². The van der Waals surface area contributed by atoms with Crippen molar-refractivity contribution in [3.8, 4) is 0 Å². The van der Waals surface area contributed by atoms with Gasteiger partial charge in [0, 0.05) is 11.4 Å². The van der Waals surface area contributed by atoms with Gasteiger partial charge in [-0.1, -0.05) is 30.3 Å². The van der Waals surface area contributed by atoms with Crippen molar-refractivity contribution in [3.05, 3.63) is 89.2 Å². The zero-order valence-electron chi connectivity index (χ0n) is 14.6. The highest BCUT2D eigenvalue weighted by Gasteiger charge is 2.13. The molecule has 0 saturated carbocycles. The van der Waals surface area contributed by atoms with Crippen LogP contribution in [0.2, 0.25) is 0 Å². The number of aromatic nitrogens is 1. The first-order valence-corrected chi connectivity index (χ1v) is 8.24. The van der Waals surface area contributed by atoms with Crippen LogP contribution in [0.3, 0.4) is 0 Å². The molecule has 0 atom stereocenters. The first-order valence-electron chi connectivity index (χ1n) is 8.24. The van der Waals surface area contributed by atoms with Crippen LogP contribution < -0.4 is 10.6 Å². The lowest BCUT2D eigenvalue weighted by atomic mass is 10.1. The van der Waals surface area contributed by atoms with E-state index in [-0.39, 0.29) is 23.2 Å². The van der Waals surface area contributed by atoms with Crippen molar-refractivity contribution in [2.45, 2.75) is 13.8 Å². The number of nitrogens with zero attached hydrogens (tertiary/aromatic N) is 1. The molecule has 0 saturated heterocycles. The predicted octanol–water partition coefficient (Wildman–Crippen LogP) is 4.20. The third kappa shape index (κ3) is 4.33. The lowest BCUT2D eigenvalue weighted by Gasteiger charge is -2.08. The van der Waals surface area contributed by atoms with E-state index in [4.69, 9.17) is 0 Å². The summed E-state index contributed by atoms with van der Waals surface area (Å²) < 4.78 is 0. The van der Waals surface area contributed by atoms with Crippen molar-refractivity contribution in [1.82, 2.24) is 4.98 Å². The maximum absolute atomic E-state index is 12.5. The molecule has 3 aromatic rings. The minimum Gasteiger partial charge on any atom is -0.321 e. The number of aryl methyl sites for hydroxylation is 2. The van der Waals surface area contributed by atoms with Crippen molar-refractivity contribution in [2.75, 3.05) is 10.6 Å². The second-order valence-electron chi connectivity index (χ2n) is 6.06. The monoisotopic (exact) mass is 345 g/mol. The molecule has 2 amide bonds. The predicted molar refractivity (Wildman–Crippen MR) is 103 cm³/mol. The van der Waals surface area contributed by atoms with Crippen molar-refractivity contribution in [2.24, 2.45) is 0 Å². The molecule has 26 heavy (non-hydrogen) atoms. The Kier molecular flexibility index (Phi) is 5.08. The van der Waals surface area contributed by atoms with Crippen molar-refractivity contribution >= 4 is 23.2 Å². The molecule has 0 bridgehead atoms. The van der Waals surface area contributed by atoms with Crippen LogP contribution in [0.4, 0.5) is 11.4 Å². The number of pyridine rings is 1. The van der Waals surface area contributed by atoms with Crippen LogP contribution in [0.25, 0.3) is 0 Å². The molecule has 130 valence electrons. The molecule has 0 radical (unpaired) electrons. The number of rotatable bonds is 4. The van der Waals surface area contributed by atoms with Crippen molar-refractivity contribution < 1.29 is 9.59 Å². The highest BCUT2D eigenvalue weighted by Crippen LogP contribution is 2.15. The first-order chi connectivity index (χ1) is 12.5. The van der Waals surface area contributed by atoms with E-state index in [2.05, 4.69) is 15.6 Å². The summed E-state index contributed by atoms with van der Waals surface area (Å²) in [5.41, 5.74) is 3.86. The number of hydrogen-bond donors (Lipinski definition) is 2. The largest absolute Gasteiger partial charge is 0.321 e. The molecular weight excluding hydrogens is 326 g/mol. The fourth-order valence-corrected chi connectivity index (χ4v) is 2.65. The average molecular weight is 345 g/mol. The quantitative estimate of drug-likeness (QED) is 0.744. The molecule has 0 spiro atoms. The molecule has 2 aromatic carbocycles. The van der Waals surface area contributed by atoms with Gasteiger partial charge in [-0.15, -0.1) is 0 Å². The van der Waals surface area contributed by atoms with Crippen molar-refractivity contribution in [3.63, 3.8) is 0 Å². The van der Waals surface area contributed by atoms with Crippen LogP contribution >= 0.6 is 0 Å². The van der Waals surface area contributed by atoms with E-state index >= 15 is 0 Å². The molecule has 0 unspecified atom stereocenters. The van der Waals surface area contributed by atoms with E-state index in [1.807, 2.05) is 50.2 Å². The summed E-state index contributed by atoms with van der Waals surface area (Å²) >= 11 is 0. The second kappa shape index (κ2) is 7.61. The van der Waals surface area contributed by atoms with Crippen LogP contribution in [0.1, 0.15) is 32.1 Å². The average Bonchev–Trinajstić information content (AvgIpc) is 2.62. The van der Waals surface area contributed by atoms with E-state index in [1.165, 1.54) is 0 Å². The Balaban J connectivity index is 1.75. The fraction of sp³-hybridized carbons (Fsp3) is 0.0952. The molecule has 5 nitrogen and oxygen atoms in total. The maximum Gasteiger partial charge on any atom is 0.274 e. The number of amides is 2. The number of carbonyl (C=O) groups is 2. The summed E-state index contributed by atoms with van der Waals surface area (Å²) in [4.78, 5) is 29.0. The number of hydrogen-bond acceptors (Lipinski definition) is 3. The van der Waals surface area contributed by atoms with Crippen LogP contribution in [0.5, 0.6) is 0 Å². The first kappa shape index (κ1) is 17.4. The standard InChI is InChI=1S/C21H19N3O2/c1-14-11-15(2)13-17(12-14)23-21(26)19-10-6-9-18(24-19)20(25)22-16-7-4-3-5-8-16/h3-13H,1-2H3,(H,22,25)(H,23,26). The van der Waals surface area contributed by atoms with E-state index in [0.29, 0.717) is 11.4 Å². The summed E-state index contributed by atoms with van der Waals surface area (Å²) in [6.45, 7) is 3.94. The third-order valence-electron chi connectivity index (χ3n) is 3.73. The van der Waals surface area contributed by atoms with Gasteiger partial charge in [0.25, 0.3) is 11.8 Å². The van der Waals surface area contributed by atoms with Gasteiger partial charge in [-0.25, -0.2) is 4.98 Å². The zero-order chi connectivity index (χ0) is 18.5. The number of carbonyl (C=O) groups excluding carboxylic acids is 2. The summed E-state index contributed by atoms with van der Waals surface area (Å²) in [7, 11) is 0. The summed E-state index contributed by atoms with van der Waals surface area (Å²) in [5, 5.41) is 5.58. The smallest absolute Gasteiger partial charge is 0.274 e. The highest BCUT2D eigenvalue weighted by molar-refractivity contribution is 6.06. The Morgan fingerprint density at radius 1 is 0.692 bits per heavy atom. The minimum absolute atomic E-state index is 0.182. The molecule has 1 heterocycles. The van der Waals surface area contributed by atoms with Crippen molar-refractivity contribution in [1.29, 1.82) is 0 Å². The Labute approximate surface area is 152 Å². The van der Waals surface area contributed by atoms with Gasteiger partial charge in [0.05, 0.1) is 0 Å². The molecule has 1 aromatic heterocycles. The van der Waals surface area contributed by atoms with Gasteiger partial charge in [-0.05, 0) is 61.4 Å². The molecular formula is C21H19N3O2. The molecule has 0 aliphatic rings. The fourth-order valence-electron chi connectivity index (χ4n) is 2.65. The summed E-state index contributed by atoms with van der Waals surface area (Å²) in [6.07, 6.45) is 0. The van der Waals surface area contributed by atoms with Crippen LogP contribution in [0, 0.1) is 13.8 Å². The lowest BCUT2D eigenvalue weighted by Crippen LogP contribution is -2.18. The Morgan fingerprint density at radius 3 is 1.81 bits per heavy atom. The molecule has 5 heteroatoms. The summed E-state index contributed by atoms with van der Waals surface area (Å²) in [6, 6.07) is 19.7. The number of para-hydroxylation sites is 1. The van der Waals surface area contributed by atoms with Gasteiger partial charge in [0.2, 0.25) is 0 Å². The third-order valence-corrected chi connectivity index (χ3v) is 3.73. The van der Waals surface area contributed by atoms with Crippen LogP contribution in [-0.4, -0.2) is 16.8 Å². The molecule has 0 aliphatic carbocycles. The van der Waals surface area contributed by atoms with Gasteiger partial charge in [-0.3, -0.25) is 9.59 Å². The number of nitrogens with one attached hydrogen (secondary N) is 2. The number of benzene rings is 2. The normalized spacial score (nSPS) is 10.2. The van der Waals surface area contributed by atoms with Gasteiger partial charge < -0.3 is 10.6 Å². The van der Waals surface area contributed by atoms with Crippen LogP contribution in [0.15, 0.2) is 66.7 Å². The zero-order valence-corrected chi connectivity index (χ0v) is 14.6. The van der Waals surface area contributed by atoms with E-state index in [0.717, 1.165) is 11.1 Å². The molecule has 3 rings (SSSR count). The van der Waals surface area contributed by atoms with Crippen LogP contribution in [-0.2, 0) is 0 Å².